The van der Waals surface area contributed by atoms with Gasteiger partial charge in [-0.25, -0.2) is 13.4 Å². The molecule has 0 radical (unpaired) electrons. The molecule has 100 valence electrons. The molecule has 1 aliphatic heterocycles. The van der Waals surface area contributed by atoms with Crippen molar-refractivity contribution in [1.29, 1.82) is 0 Å². The first kappa shape index (κ1) is 13.3. The standard InChI is InChI=1S/C12H19N3O2S/c1-12(2)5-3-7-15(9-12)18(16,17)10-4-6-14-11(13)8-10/h4,6,8H,3,5,7,9H2,1-2H3,(H2,13,14). The topological polar surface area (TPSA) is 76.3 Å². The number of piperidine rings is 1. The van der Waals surface area contributed by atoms with E-state index >= 15 is 0 Å². The zero-order valence-electron chi connectivity index (χ0n) is 10.8. The fourth-order valence-corrected chi connectivity index (χ4v) is 4.00. The van der Waals surface area contributed by atoms with Crippen molar-refractivity contribution >= 4 is 15.8 Å². The van der Waals surface area contributed by atoms with Gasteiger partial charge in [-0.1, -0.05) is 13.8 Å². The molecule has 0 atom stereocenters. The summed E-state index contributed by atoms with van der Waals surface area (Å²) in [6.07, 6.45) is 3.38. The third-order valence-electron chi connectivity index (χ3n) is 3.26. The minimum absolute atomic E-state index is 0.0316. The van der Waals surface area contributed by atoms with Crippen LogP contribution in [0.4, 0.5) is 5.82 Å². The second-order valence-corrected chi connectivity index (χ2v) is 7.46. The molecule has 1 aromatic rings. The van der Waals surface area contributed by atoms with E-state index < -0.39 is 10.0 Å². The Morgan fingerprint density at radius 3 is 2.78 bits per heavy atom. The lowest BCUT2D eigenvalue weighted by Crippen LogP contribution is -2.43. The van der Waals surface area contributed by atoms with Gasteiger partial charge in [0.05, 0.1) is 4.90 Å². The molecule has 2 heterocycles. The molecule has 0 aliphatic carbocycles. The van der Waals surface area contributed by atoms with E-state index in [1.807, 2.05) is 0 Å². The van der Waals surface area contributed by atoms with Gasteiger partial charge < -0.3 is 5.73 Å². The number of hydrogen-bond acceptors (Lipinski definition) is 4. The Kier molecular flexibility index (Phi) is 3.33. The molecular weight excluding hydrogens is 250 g/mol. The molecule has 18 heavy (non-hydrogen) atoms. The maximum Gasteiger partial charge on any atom is 0.243 e. The lowest BCUT2D eigenvalue weighted by Gasteiger charge is -2.37. The summed E-state index contributed by atoms with van der Waals surface area (Å²) in [4.78, 5) is 4.05. The molecule has 0 amide bonds. The molecule has 5 nitrogen and oxygen atoms in total. The zero-order chi connectivity index (χ0) is 13.4. The van der Waals surface area contributed by atoms with E-state index in [0.29, 0.717) is 13.1 Å². The highest BCUT2D eigenvalue weighted by Crippen LogP contribution is 2.31. The average Bonchev–Trinajstić information content (AvgIpc) is 2.27. The molecule has 1 saturated heterocycles. The van der Waals surface area contributed by atoms with Crippen molar-refractivity contribution in [3.63, 3.8) is 0 Å². The molecule has 1 fully saturated rings. The van der Waals surface area contributed by atoms with Gasteiger partial charge in [0.25, 0.3) is 0 Å². The Morgan fingerprint density at radius 2 is 2.17 bits per heavy atom. The smallest absolute Gasteiger partial charge is 0.243 e. The van der Waals surface area contributed by atoms with Gasteiger partial charge in [0.15, 0.2) is 0 Å². The normalized spacial score (nSPS) is 20.8. The van der Waals surface area contributed by atoms with Crippen LogP contribution in [0, 0.1) is 5.41 Å². The molecule has 0 unspecified atom stereocenters. The number of nitrogen functional groups attached to an aromatic ring is 1. The summed E-state index contributed by atoms with van der Waals surface area (Å²) in [6, 6.07) is 2.91. The van der Waals surface area contributed by atoms with Crippen molar-refractivity contribution in [2.75, 3.05) is 18.8 Å². The largest absolute Gasteiger partial charge is 0.384 e. The predicted octanol–water partition coefficient (Wildman–Crippen LogP) is 1.47. The Morgan fingerprint density at radius 1 is 1.44 bits per heavy atom. The van der Waals surface area contributed by atoms with Crippen LogP contribution in [-0.2, 0) is 10.0 Å². The summed E-state index contributed by atoms with van der Waals surface area (Å²) in [6.45, 7) is 5.32. The number of rotatable bonds is 2. The number of pyridine rings is 1. The second-order valence-electron chi connectivity index (χ2n) is 5.52. The highest BCUT2D eigenvalue weighted by Gasteiger charge is 2.34. The molecule has 6 heteroatoms. The van der Waals surface area contributed by atoms with E-state index in [0.717, 1.165) is 12.8 Å². The third kappa shape index (κ3) is 2.64. The first-order chi connectivity index (χ1) is 8.31. The van der Waals surface area contributed by atoms with Gasteiger partial charge in [0.1, 0.15) is 5.82 Å². The number of anilines is 1. The van der Waals surface area contributed by atoms with Crippen LogP contribution in [0.5, 0.6) is 0 Å². The Labute approximate surface area is 108 Å². The van der Waals surface area contributed by atoms with Crippen LogP contribution in [0.2, 0.25) is 0 Å². The number of nitrogens with zero attached hydrogens (tertiary/aromatic N) is 2. The summed E-state index contributed by atoms with van der Waals surface area (Å²) < 4.78 is 26.5. The number of sulfonamides is 1. The minimum atomic E-state index is -3.44. The summed E-state index contributed by atoms with van der Waals surface area (Å²) in [5.41, 5.74) is 5.58. The fraction of sp³-hybridized carbons (Fsp3) is 0.583. The monoisotopic (exact) mass is 269 g/mol. The van der Waals surface area contributed by atoms with Gasteiger partial charge in [-0.3, -0.25) is 0 Å². The van der Waals surface area contributed by atoms with Crippen molar-refractivity contribution in [1.82, 2.24) is 9.29 Å². The summed E-state index contributed by atoms with van der Waals surface area (Å²) in [5.74, 6) is 0.229. The van der Waals surface area contributed by atoms with Crippen molar-refractivity contribution in [3.05, 3.63) is 18.3 Å². The maximum atomic E-state index is 12.5. The van der Waals surface area contributed by atoms with Crippen molar-refractivity contribution < 1.29 is 8.42 Å². The van der Waals surface area contributed by atoms with E-state index in [4.69, 9.17) is 5.73 Å². The summed E-state index contributed by atoms with van der Waals surface area (Å²) in [5, 5.41) is 0. The van der Waals surface area contributed by atoms with E-state index in [1.165, 1.54) is 18.3 Å². The van der Waals surface area contributed by atoms with Crippen LogP contribution in [0.25, 0.3) is 0 Å². The van der Waals surface area contributed by atoms with Gasteiger partial charge >= 0.3 is 0 Å². The Balaban J connectivity index is 2.31. The molecule has 0 spiro atoms. The molecular formula is C12H19N3O2S. The molecule has 2 rings (SSSR count). The van der Waals surface area contributed by atoms with Gasteiger partial charge in [-0.05, 0) is 24.3 Å². The van der Waals surface area contributed by atoms with Crippen molar-refractivity contribution in [2.24, 2.45) is 5.41 Å². The lowest BCUT2D eigenvalue weighted by molar-refractivity contribution is 0.187. The van der Waals surface area contributed by atoms with Crippen LogP contribution in [0.1, 0.15) is 26.7 Å². The van der Waals surface area contributed by atoms with E-state index in [9.17, 15) is 8.42 Å². The summed E-state index contributed by atoms with van der Waals surface area (Å²) >= 11 is 0. The summed E-state index contributed by atoms with van der Waals surface area (Å²) in [7, 11) is -3.44. The van der Waals surface area contributed by atoms with E-state index in [2.05, 4.69) is 18.8 Å². The van der Waals surface area contributed by atoms with Crippen LogP contribution in [0.15, 0.2) is 23.2 Å². The third-order valence-corrected chi connectivity index (χ3v) is 5.10. The van der Waals surface area contributed by atoms with Crippen LogP contribution in [-0.4, -0.2) is 30.8 Å². The molecule has 0 saturated carbocycles. The molecule has 2 N–H and O–H groups in total. The molecule has 1 aliphatic rings. The zero-order valence-corrected chi connectivity index (χ0v) is 11.6. The highest BCUT2D eigenvalue weighted by atomic mass is 32.2. The molecule has 0 aromatic carbocycles. The fourth-order valence-electron chi connectivity index (χ4n) is 2.31. The van der Waals surface area contributed by atoms with Crippen LogP contribution in [0.3, 0.4) is 0 Å². The molecule has 0 bridgehead atoms. The van der Waals surface area contributed by atoms with Crippen LogP contribution >= 0.6 is 0 Å². The first-order valence-corrected chi connectivity index (χ1v) is 7.47. The predicted molar refractivity (Wildman–Crippen MR) is 70.4 cm³/mol. The molecule has 1 aromatic heterocycles. The van der Waals surface area contributed by atoms with E-state index in [1.54, 1.807) is 4.31 Å². The van der Waals surface area contributed by atoms with Crippen molar-refractivity contribution in [2.45, 2.75) is 31.6 Å². The number of aromatic nitrogens is 1. The minimum Gasteiger partial charge on any atom is -0.384 e. The highest BCUT2D eigenvalue weighted by molar-refractivity contribution is 7.89. The quantitative estimate of drug-likeness (QED) is 0.882. The van der Waals surface area contributed by atoms with E-state index in [-0.39, 0.29) is 16.1 Å². The Bertz CT molecular complexity index is 540. The van der Waals surface area contributed by atoms with Gasteiger partial charge in [-0.2, -0.15) is 4.31 Å². The SMILES string of the molecule is CC1(C)CCCN(S(=O)(=O)c2ccnc(N)c2)C1. The average molecular weight is 269 g/mol. The lowest BCUT2D eigenvalue weighted by atomic mass is 9.85. The van der Waals surface area contributed by atoms with Gasteiger partial charge in [-0.15, -0.1) is 0 Å². The second kappa shape index (κ2) is 4.51. The first-order valence-electron chi connectivity index (χ1n) is 6.03. The van der Waals surface area contributed by atoms with Crippen LogP contribution < -0.4 is 5.73 Å². The van der Waals surface area contributed by atoms with Gasteiger partial charge in [0.2, 0.25) is 10.0 Å². The van der Waals surface area contributed by atoms with Crippen molar-refractivity contribution in [3.8, 4) is 0 Å². The Hall–Kier alpha value is -1.14. The number of nitrogens with two attached hydrogens (primary N) is 1. The number of hydrogen-bond donors (Lipinski definition) is 1. The maximum absolute atomic E-state index is 12.5. The van der Waals surface area contributed by atoms with Gasteiger partial charge in [0, 0.05) is 25.4 Å².